The monoisotopic (exact) mass is 347 g/mol. The number of anilines is 1. The number of hydrogen-bond acceptors (Lipinski definition) is 4. The molecule has 0 saturated carbocycles. The average Bonchev–Trinajstić information content (AvgIpc) is 3.01. The van der Waals surface area contributed by atoms with E-state index in [-0.39, 0.29) is 5.95 Å². The summed E-state index contributed by atoms with van der Waals surface area (Å²) in [6.45, 7) is 6.80. The third kappa shape index (κ3) is 3.47. The number of nitrogens with zero attached hydrogens (tertiary/aromatic N) is 4. The molecule has 0 amide bonds. The lowest BCUT2D eigenvalue weighted by Gasteiger charge is -2.18. The number of fused-ring (bicyclic) bond motifs is 1. The van der Waals surface area contributed by atoms with Crippen molar-refractivity contribution >= 4 is 17.0 Å². The van der Waals surface area contributed by atoms with Crippen molar-refractivity contribution < 1.29 is 13.2 Å². The van der Waals surface area contributed by atoms with E-state index in [0.717, 1.165) is 18.0 Å². The first kappa shape index (κ1) is 16.9. The maximum absolute atomic E-state index is 12.6. The van der Waals surface area contributed by atoms with E-state index < -0.39 is 12.2 Å². The summed E-state index contributed by atoms with van der Waals surface area (Å²) in [5, 5.41) is 6.39. The highest BCUT2D eigenvalue weighted by molar-refractivity contribution is 5.80. The Hall–Kier alpha value is -2.90. The quantitative estimate of drug-likeness (QED) is 0.779. The summed E-state index contributed by atoms with van der Waals surface area (Å²) in [6.07, 6.45) is 0.627. The summed E-state index contributed by atoms with van der Waals surface area (Å²) in [5.41, 5.74) is 3.69. The molecule has 0 aromatic carbocycles. The van der Waals surface area contributed by atoms with Crippen LogP contribution < -0.4 is 5.32 Å². The maximum Gasteiger partial charge on any atom is 0.408 e. The van der Waals surface area contributed by atoms with E-state index >= 15 is 0 Å². The molecule has 1 N–H and O–H groups in total. The molecule has 25 heavy (non-hydrogen) atoms. The molecule has 0 fully saturated rings. The second kappa shape index (κ2) is 6.19. The third-order valence-electron chi connectivity index (χ3n) is 3.89. The summed E-state index contributed by atoms with van der Waals surface area (Å²) in [5.74, 6) is -0.0647. The fourth-order valence-electron chi connectivity index (χ4n) is 2.37. The predicted molar refractivity (Wildman–Crippen MR) is 89.2 cm³/mol. The van der Waals surface area contributed by atoms with Crippen LogP contribution in [0.25, 0.3) is 11.1 Å². The van der Waals surface area contributed by atoms with Crippen LogP contribution in [-0.2, 0) is 0 Å². The fraction of sp³-hybridized carbons (Fsp3) is 0.235. The van der Waals surface area contributed by atoms with Gasteiger partial charge in [0.25, 0.3) is 0 Å². The lowest BCUT2D eigenvalue weighted by molar-refractivity contribution is -0.138. The highest BCUT2D eigenvalue weighted by Gasteiger charge is 2.36. The molecule has 0 radical (unpaired) electrons. The van der Waals surface area contributed by atoms with Gasteiger partial charge in [-0.1, -0.05) is 6.58 Å². The average molecular weight is 347 g/mol. The molecular formula is C17H16F3N5. The molecule has 0 aliphatic heterocycles. The van der Waals surface area contributed by atoms with Crippen molar-refractivity contribution in [2.75, 3.05) is 5.32 Å². The highest BCUT2D eigenvalue weighted by Crippen LogP contribution is 2.26. The zero-order valence-corrected chi connectivity index (χ0v) is 13.7. The molecule has 3 aromatic rings. The molecular weight excluding hydrogens is 331 g/mol. The van der Waals surface area contributed by atoms with Gasteiger partial charge in [0.15, 0.2) is 0 Å². The van der Waals surface area contributed by atoms with Crippen LogP contribution in [0.2, 0.25) is 0 Å². The van der Waals surface area contributed by atoms with E-state index in [0.29, 0.717) is 16.8 Å². The molecule has 3 heterocycles. The molecule has 0 aliphatic carbocycles. The van der Waals surface area contributed by atoms with Crippen LogP contribution in [0.5, 0.6) is 0 Å². The molecule has 130 valence electrons. The molecule has 5 nitrogen and oxygen atoms in total. The van der Waals surface area contributed by atoms with Gasteiger partial charge in [0.2, 0.25) is 5.95 Å². The first-order valence-corrected chi connectivity index (χ1v) is 7.55. The zero-order chi connectivity index (χ0) is 18.2. The van der Waals surface area contributed by atoms with E-state index in [1.54, 1.807) is 17.6 Å². The van der Waals surface area contributed by atoms with Crippen molar-refractivity contribution in [3.8, 4) is 0 Å². The number of aromatic nitrogens is 4. The van der Waals surface area contributed by atoms with Gasteiger partial charge in [0, 0.05) is 24.2 Å². The second-order valence-corrected chi connectivity index (χ2v) is 5.69. The van der Waals surface area contributed by atoms with Gasteiger partial charge >= 0.3 is 6.18 Å². The number of aryl methyl sites for hydroxylation is 1. The summed E-state index contributed by atoms with van der Waals surface area (Å²) in [4.78, 5) is 8.12. The van der Waals surface area contributed by atoms with Gasteiger partial charge in [-0.2, -0.15) is 18.3 Å². The summed E-state index contributed by atoms with van der Waals surface area (Å²) in [7, 11) is 0. The molecule has 0 aliphatic rings. The van der Waals surface area contributed by atoms with Crippen molar-refractivity contribution in [2.45, 2.75) is 26.1 Å². The van der Waals surface area contributed by atoms with Crippen LogP contribution in [-0.4, -0.2) is 31.8 Å². The number of nitrogens with one attached hydrogen (secondary N) is 1. The molecule has 0 saturated heterocycles. The highest BCUT2D eigenvalue weighted by atomic mass is 19.4. The molecule has 0 spiro atoms. The molecule has 3 aromatic heterocycles. The summed E-state index contributed by atoms with van der Waals surface area (Å²) in [6, 6.07) is 3.92. The van der Waals surface area contributed by atoms with E-state index in [1.807, 2.05) is 24.4 Å². The Bertz CT molecular complexity index is 929. The SMILES string of the molecule is C=C(c1ccn2nccc2c1)c1cnc(N[C@H](C)C(F)(F)F)nc1C. The van der Waals surface area contributed by atoms with Gasteiger partial charge in [-0.25, -0.2) is 14.5 Å². The van der Waals surface area contributed by atoms with Gasteiger partial charge in [-0.15, -0.1) is 0 Å². The minimum Gasteiger partial charge on any atom is -0.343 e. The zero-order valence-electron chi connectivity index (χ0n) is 13.7. The Morgan fingerprint density at radius 3 is 2.76 bits per heavy atom. The van der Waals surface area contributed by atoms with Crippen LogP contribution in [0.4, 0.5) is 19.1 Å². The van der Waals surface area contributed by atoms with Crippen LogP contribution in [0.3, 0.4) is 0 Å². The first-order valence-electron chi connectivity index (χ1n) is 7.55. The molecule has 0 bridgehead atoms. The molecule has 8 heteroatoms. The predicted octanol–water partition coefficient (Wildman–Crippen LogP) is 3.86. The van der Waals surface area contributed by atoms with Crippen molar-refractivity contribution in [3.05, 3.63) is 60.2 Å². The van der Waals surface area contributed by atoms with Gasteiger partial charge in [-0.3, -0.25) is 0 Å². The molecule has 3 rings (SSSR count). The lowest BCUT2D eigenvalue weighted by Crippen LogP contribution is -2.33. The van der Waals surface area contributed by atoms with Crippen LogP contribution in [0.15, 0.2) is 43.4 Å². The largest absolute Gasteiger partial charge is 0.408 e. The number of pyridine rings is 1. The van der Waals surface area contributed by atoms with Gasteiger partial charge in [0.05, 0.1) is 11.2 Å². The Labute approximate surface area is 142 Å². The maximum atomic E-state index is 12.6. The minimum atomic E-state index is -4.36. The molecule has 0 unspecified atom stereocenters. The van der Waals surface area contributed by atoms with Crippen molar-refractivity contribution in [2.24, 2.45) is 0 Å². The van der Waals surface area contributed by atoms with Gasteiger partial charge < -0.3 is 5.32 Å². The summed E-state index contributed by atoms with van der Waals surface area (Å²) < 4.78 is 39.6. The third-order valence-corrected chi connectivity index (χ3v) is 3.89. The Morgan fingerprint density at radius 2 is 2.08 bits per heavy atom. The number of halogens is 3. The van der Waals surface area contributed by atoms with E-state index in [1.165, 1.54) is 6.20 Å². The Balaban J connectivity index is 1.86. The Kier molecular flexibility index (Phi) is 4.20. The first-order chi connectivity index (χ1) is 11.8. The van der Waals surface area contributed by atoms with Crippen LogP contribution in [0.1, 0.15) is 23.7 Å². The van der Waals surface area contributed by atoms with E-state index in [2.05, 4.69) is 27.0 Å². The van der Waals surface area contributed by atoms with Crippen LogP contribution >= 0.6 is 0 Å². The van der Waals surface area contributed by atoms with E-state index in [4.69, 9.17) is 0 Å². The number of alkyl halides is 3. The van der Waals surface area contributed by atoms with E-state index in [9.17, 15) is 13.2 Å². The van der Waals surface area contributed by atoms with Gasteiger partial charge in [0.1, 0.15) is 6.04 Å². The number of rotatable bonds is 4. The van der Waals surface area contributed by atoms with Crippen molar-refractivity contribution in [1.29, 1.82) is 0 Å². The minimum absolute atomic E-state index is 0.0647. The Morgan fingerprint density at radius 1 is 1.32 bits per heavy atom. The topological polar surface area (TPSA) is 55.1 Å². The smallest absolute Gasteiger partial charge is 0.343 e. The molecule has 1 atom stereocenters. The standard InChI is InChI=1S/C17H16F3N5/c1-10(13-5-7-25-14(8-13)4-6-22-25)15-9-21-16(23-11(15)2)24-12(3)17(18,19)20/h4-9,12H,1H2,2-3H3,(H,21,23,24)/t12-/m1/s1. The second-order valence-electron chi connectivity index (χ2n) is 5.69. The van der Waals surface area contributed by atoms with Crippen molar-refractivity contribution in [3.63, 3.8) is 0 Å². The summed E-state index contributed by atoms with van der Waals surface area (Å²) >= 11 is 0. The van der Waals surface area contributed by atoms with Crippen LogP contribution in [0, 0.1) is 6.92 Å². The normalized spacial score (nSPS) is 13.0. The van der Waals surface area contributed by atoms with Gasteiger partial charge in [-0.05, 0) is 43.2 Å². The van der Waals surface area contributed by atoms with Crippen molar-refractivity contribution in [1.82, 2.24) is 19.6 Å². The fourth-order valence-corrected chi connectivity index (χ4v) is 2.37. The lowest BCUT2D eigenvalue weighted by atomic mass is 10.0. The number of hydrogen-bond donors (Lipinski definition) is 1.